The number of aliphatic hydroxyl groups is 1. The van der Waals surface area contributed by atoms with E-state index in [1.54, 1.807) is 12.1 Å². The maximum Gasteiger partial charge on any atom is 0.320 e. The second kappa shape index (κ2) is 7.85. The molecule has 8 heteroatoms. The zero-order valence-corrected chi connectivity index (χ0v) is 15.9. The van der Waals surface area contributed by atoms with Gasteiger partial charge in [-0.05, 0) is 37.1 Å². The minimum atomic E-state index is -4.91. The van der Waals surface area contributed by atoms with Gasteiger partial charge in [-0.3, -0.25) is 0 Å². The fourth-order valence-corrected chi connectivity index (χ4v) is 7.73. The van der Waals surface area contributed by atoms with E-state index in [0.29, 0.717) is 0 Å². The Morgan fingerprint density at radius 1 is 0.885 bits per heavy atom. The second-order valence-corrected chi connectivity index (χ2v) is 10.2. The molecule has 1 atom stereocenters. The van der Waals surface area contributed by atoms with Crippen LogP contribution in [0.2, 0.25) is 0 Å². The zero-order chi connectivity index (χ0) is 19.4. The number of sulfone groups is 2. The second-order valence-electron chi connectivity index (χ2n) is 5.83. The van der Waals surface area contributed by atoms with Gasteiger partial charge in [0, 0.05) is 12.5 Å². The Hall–Kier alpha value is -1.77. The molecule has 2 aromatic rings. The van der Waals surface area contributed by atoms with E-state index in [2.05, 4.69) is 0 Å². The van der Waals surface area contributed by atoms with Crippen LogP contribution < -0.4 is 0 Å². The van der Waals surface area contributed by atoms with Crippen molar-refractivity contribution in [3.05, 3.63) is 60.7 Å². The summed E-state index contributed by atoms with van der Waals surface area (Å²) >= 11 is 0. The van der Waals surface area contributed by atoms with Gasteiger partial charge in [-0.15, -0.1) is 0 Å². The molecule has 0 spiro atoms. The minimum Gasteiger partial charge on any atom is -0.396 e. The van der Waals surface area contributed by atoms with Gasteiger partial charge in [-0.2, -0.15) is 0 Å². The largest absolute Gasteiger partial charge is 0.396 e. The van der Waals surface area contributed by atoms with Crippen molar-refractivity contribution in [2.75, 3.05) is 6.61 Å². The topological polar surface area (TPSA) is 88.5 Å². The maximum absolute atomic E-state index is 16.3. The SMILES string of the molecule is CC[C@H](CCO)C(F)(S(=O)(=O)c1ccccc1)S(=O)(=O)c1ccccc1. The minimum absolute atomic E-state index is 0.0742. The lowest BCUT2D eigenvalue weighted by Crippen LogP contribution is -2.48. The summed E-state index contributed by atoms with van der Waals surface area (Å²) in [4.78, 5) is -0.836. The molecular weight excluding hydrogens is 379 g/mol. The smallest absolute Gasteiger partial charge is 0.320 e. The summed E-state index contributed by atoms with van der Waals surface area (Å²) in [6.07, 6.45) is -0.375. The monoisotopic (exact) mass is 400 g/mol. The molecular formula is C18H21FO5S2. The van der Waals surface area contributed by atoms with E-state index >= 15 is 4.39 Å². The Morgan fingerprint density at radius 2 is 1.27 bits per heavy atom. The Morgan fingerprint density at radius 3 is 1.58 bits per heavy atom. The van der Waals surface area contributed by atoms with Crippen LogP contribution in [0.5, 0.6) is 0 Å². The van der Waals surface area contributed by atoms with Gasteiger partial charge in [-0.1, -0.05) is 43.3 Å². The number of halogens is 1. The fourth-order valence-electron chi connectivity index (χ4n) is 2.88. The molecule has 0 radical (unpaired) electrons. The van der Waals surface area contributed by atoms with Crippen molar-refractivity contribution in [1.82, 2.24) is 0 Å². The summed E-state index contributed by atoms with van der Waals surface area (Å²) < 4.78 is 65.1. The first-order chi connectivity index (χ1) is 12.2. The van der Waals surface area contributed by atoms with Crippen LogP contribution in [0.1, 0.15) is 19.8 Å². The highest BCUT2D eigenvalue weighted by molar-refractivity contribution is 8.10. The lowest BCUT2D eigenvalue weighted by molar-refractivity contribution is 0.189. The lowest BCUT2D eigenvalue weighted by atomic mass is 10.0. The molecule has 0 bridgehead atoms. The predicted octanol–water partition coefficient (Wildman–Crippen LogP) is 2.97. The van der Waals surface area contributed by atoms with Crippen LogP contribution in [-0.4, -0.2) is 32.9 Å². The van der Waals surface area contributed by atoms with Gasteiger partial charge in [-0.25, -0.2) is 21.2 Å². The molecule has 0 aromatic heterocycles. The normalized spacial score (nSPS) is 14.1. The first kappa shape index (κ1) is 20.5. The van der Waals surface area contributed by atoms with Gasteiger partial charge in [0.25, 0.3) is 0 Å². The van der Waals surface area contributed by atoms with E-state index in [-0.39, 0.29) is 12.8 Å². The fraction of sp³-hybridized carbons (Fsp3) is 0.333. The molecule has 0 aliphatic heterocycles. The van der Waals surface area contributed by atoms with Crippen LogP contribution in [-0.2, 0) is 19.7 Å². The summed E-state index contributed by atoms with van der Waals surface area (Å²) in [5.74, 6) is -1.43. The summed E-state index contributed by atoms with van der Waals surface area (Å²) in [5, 5.41) is 9.25. The molecule has 142 valence electrons. The predicted molar refractivity (Wildman–Crippen MR) is 96.6 cm³/mol. The third-order valence-electron chi connectivity index (χ3n) is 4.30. The average molecular weight is 400 g/mol. The molecule has 0 heterocycles. The van der Waals surface area contributed by atoms with Crippen LogP contribution >= 0.6 is 0 Å². The Bertz CT molecular complexity index is 857. The third kappa shape index (κ3) is 3.28. The van der Waals surface area contributed by atoms with Gasteiger partial charge < -0.3 is 5.11 Å². The van der Waals surface area contributed by atoms with Crippen LogP contribution in [0, 0.1) is 5.92 Å². The molecule has 0 fully saturated rings. The molecule has 0 amide bonds. The zero-order valence-electron chi connectivity index (χ0n) is 14.2. The van der Waals surface area contributed by atoms with E-state index in [4.69, 9.17) is 0 Å². The molecule has 2 aromatic carbocycles. The number of benzene rings is 2. The highest BCUT2D eigenvalue weighted by Gasteiger charge is 2.61. The molecule has 0 saturated carbocycles. The van der Waals surface area contributed by atoms with Crippen molar-refractivity contribution < 1.29 is 26.3 Å². The van der Waals surface area contributed by atoms with Gasteiger partial charge in [0.05, 0.1) is 9.79 Å². The molecule has 26 heavy (non-hydrogen) atoms. The van der Waals surface area contributed by atoms with E-state index in [1.165, 1.54) is 31.2 Å². The van der Waals surface area contributed by atoms with Crippen molar-refractivity contribution >= 4 is 19.7 Å². The lowest BCUT2D eigenvalue weighted by Gasteiger charge is -2.32. The van der Waals surface area contributed by atoms with E-state index < -0.39 is 46.3 Å². The highest BCUT2D eigenvalue weighted by atomic mass is 32.3. The van der Waals surface area contributed by atoms with E-state index in [1.807, 2.05) is 0 Å². The van der Waals surface area contributed by atoms with Crippen molar-refractivity contribution in [2.45, 2.75) is 33.9 Å². The van der Waals surface area contributed by atoms with Gasteiger partial charge in [0.15, 0.2) is 0 Å². The standard InChI is InChI=1S/C18H21FO5S2/c1-2-15(13-14-20)18(19,25(21,22)16-9-5-3-6-10-16)26(23,24)17-11-7-4-8-12-17/h3-12,15,20H,2,13-14H2,1H3/t15-/m1/s1. The Kier molecular flexibility index (Phi) is 6.21. The summed E-state index contributed by atoms with van der Waals surface area (Å²) in [6, 6.07) is 13.3. The summed E-state index contributed by atoms with van der Waals surface area (Å²) in [7, 11) is -9.81. The van der Waals surface area contributed by atoms with Crippen LogP contribution in [0.3, 0.4) is 0 Å². The molecule has 0 aliphatic carbocycles. The molecule has 1 N–H and O–H groups in total. The number of hydrogen-bond acceptors (Lipinski definition) is 5. The van der Waals surface area contributed by atoms with Crippen LogP contribution in [0.15, 0.2) is 70.5 Å². The number of hydrogen-bond donors (Lipinski definition) is 1. The quantitative estimate of drug-likeness (QED) is 0.736. The first-order valence-electron chi connectivity index (χ1n) is 8.12. The summed E-state index contributed by atoms with van der Waals surface area (Å²) in [5.41, 5.74) is 0. The van der Waals surface area contributed by atoms with Crippen molar-refractivity contribution in [3.8, 4) is 0 Å². The van der Waals surface area contributed by atoms with Crippen molar-refractivity contribution in [3.63, 3.8) is 0 Å². The molecule has 0 aliphatic rings. The summed E-state index contributed by atoms with van der Waals surface area (Å²) in [6.45, 7) is 0.967. The average Bonchev–Trinajstić information content (AvgIpc) is 2.66. The highest BCUT2D eigenvalue weighted by Crippen LogP contribution is 2.45. The first-order valence-corrected chi connectivity index (χ1v) is 11.1. The van der Waals surface area contributed by atoms with Crippen LogP contribution in [0.4, 0.5) is 4.39 Å². The van der Waals surface area contributed by atoms with Crippen LogP contribution in [0.25, 0.3) is 0 Å². The number of aliphatic hydroxyl groups excluding tert-OH is 1. The van der Waals surface area contributed by atoms with Gasteiger partial charge in [0.1, 0.15) is 0 Å². The molecule has 5 nitrogen and oxygen atoms in total. The Balaban J connectivity index is 2.80. The van der Waals surface area contributed by atoms with Crippen molar-refractivity contribution in [1.29, 1.82) is 0 Å². The van der Waals surface area contributed by atoms with E-state index in [0.717, 1.165) is 24.3 Å². The molecule has 0 unspecified atom stereocenters. The van der Waals surface area contributed by atoms with Gasteiger partial charge >= 0.3 is 4.33 Å². The third-order valence-corrected chi connectivity index (χ3v) is 9.53. The number of rotatable bonds is 8. The molecule has 0 saturated heterocycles. The maximum atomic E-state index is 16.3. The molecule has 2 rings (SSSR count). The van der Waals surface area contributed by atoms with Gasteiger partial charge in [0.2, 0.25) is 19.7 Å². The number of alkyl halides is 1. The van der Waals surface area contributed by atoms with Crippen molar-refractivity contribution in [2.24, 2.45) is 5.92 Å². The van der Waals surface area contributed by atoms with E-state index in [9.17, 15) is 21.9 Å². The Labute approximate surface area is 153 Å².